The quantitative estimate of drug-likeness (QED) is 0.717. The minimum atomic E-state index is 0.425. The molecule has 3 rings (SSSR count). The highest BCUT2D eigenvalue weighted by Crippen LogP contribution is 2.38. The molecule has 2 bridgehead atoms. The van der Waals surface area contributed by atoms with E-state index < -0.39 is 0 Å². The molecule has 0 spiro atoms. The molecule has 16 heavy (non-hydrogen) atoms. The Morgan fingerprint density at radius 2 is 1.94 bits per heavy atom. The van der Waals surface area contributed by atoms with Crippen molar-refractivity contribution in [1.29, 1.82) is 0 Å². The third kappa shape index (κ3) is 1.36. The van der Waals surface area contributed by atoms with Crippen LogP contribution in [0.25, 0.3) is 0 Å². The van der Waals surface area contributed by atoms with E-state index in [-0.39, 0.29) is 0 Å². The van der Waals surface area contributed by atoms with Gasteiger partial charge in [-0.1, -0.05) is 0 Å². The van der Waals surface area contributed by atoms with Gasteiger partial charge in [0.1, 0.15) is 5.78 Å². The first kappa shape index (κ1) is 9.87. The number of piperidine rings is 1. The fourth-order valence-electron chi connectivity index (χ4n) is 3.20. The average molecular weight is 219 g/mol. The monoisotopic (exact) mass is 219 g/mol. The predicted molar refractivity (Wildman–Crippen MR) is 61.5 cm³/mol. The lowest BCUT2D eigenvalue weighted by molar-refractivity contribution is -0.120. The van der Waals surface area contributed by atoms with E-state index in [4.69, 9.17) is 0 Å². The van der Waals surface area contributed by atoms with Gasteiger partial charge < -0.3 is 4.90 Å². The van der Waals surface area contributed by atoms with Crippen molar-refractivity contribution in [2.75, 3.05) is 4.90 Å². The summed E-state index contributed by atoms with van der Waals surface area (Å²) in [7, 11) is 1.95. The van der Waals surface area contributed by atoms with Gasteiger partial charge in [0, 0.05) is 38.2 Å². The number of carbonyl (C=O) groups excluding carboxylic acids is 1. The fraction of sp³-hybridized carbons (Fsp3) is 0.667. The van der Waals surface area contributed by atoms with Crippen LogP contribution in [0.2, 0.25) is 0 Å². The van der Waals surface area contributed by atoms with Crippen LogP contribution >= 0.6 is 0 Å². The van der Waals surface area contributed by atoms with Crippen molar-refractivity contribution in [3.63, 3.8) is 0 Å². The van der Waals surface area contributed by atoms with Gasteiger partial charge in [0.25, 0.3) is 0 Å². The SMILES string of the molecule is Cc1nn(C)cc1N1C2CCC1CC(=O)C2. The molecular weight excluding hydrogens is 202 g/mol. The minimum Gasteiger partial charge on any atom is -0.362 e. The molecule has 0 aromatic carbocycles. The van der Waals surface area contributed by atoms with Gasteiger partial charge >= 0.3 is 0 Å². The van der Waals surface area contributed by atoms with E-state index in [1.165, 1.54) is 5.69 Å². The molecule has 0 N–H and O–H groups in total. The van der Waals surface area contributed by atoms with E-state index in [1.807, 2.05) is 18.7 Å². The fourth-order valence-corrected chi connectivity index (χ4v) is 3.20. The highest BCUT2D eigenvalue weighted by molar-refractivity contribution is 5.83. The molecule has 4 heteroatoms. The highest BCUT2D eigenvalue weighted by atomic mass is 16.1. The van der Waals surface area contributed by atoms with Crippen LogP contribution in [0, 0.1) is 6.92 Å². The van der Waals surface area contributed by atoms with Crippen molar-refractivity contribution in [2.24, 2.45) is 7.05 Å². The Labute approximate surface area is 95.2 Å². The largest absolute Gasteiger partial charge is 0.362 e. The Kier molecular flexibility index (Phi) is 2.06. The molecule has 0 amide bonds. The van der Waals surface area contributed by atoms with Gasteiger partial charge in [0.05, 0.1) is 11.4 Å². The smallest absolute Gasteiger partial charge is 0.137 e. The first-order chi connectivity index (χ1) is 7.65. The highest BCUT2D eigenvalue weighted by Gasteiger charge is 2.41. The number of nitrogens with zero attached hydrogens (tertiary/aromatic N) is 3. The summed E-state index contributed by atoms with van der Waals surface area (Å²) in [6, 6.07) is 0.850. The van der Waals surface area contributed by atoms with Crippen molar-refractivity contribution < 1.29 is 4.79 Å². The van der Waals surface area contributed by atoms with Crippen molar-refractivity contribution in [2.45, 2.75) is 44.7 Å². The van der Waals surface area contributed by atoms with Gasteiger partial charge in [0.2, 0.25) is 0 Å². The molecule has 2 aliphatic rings. The van der Waals surface area contributed by atoms with Gasteiger partial charge in [-0.05, 0) is 19.8 Å². The number of aromatic nitrogens is 2. The number of carbonyl (C=O) groups is 1. The predicted octanol–water partition coefficient (Wildman–Crippen LogP) is 1.43. The number of Topliss-reactive ketones (excluding diaryl/α,β-unsaturated/α-hetero) is 1. The summed E-state index contributed by atoms with van der Waals surface area (Å²) in [6.07, 6.45) is 5.85. The molecule has 1 aromatic rings. The van der Waals surface area contributed by atoms with Crippen molar-refractivity contribution in [3.8, 4) is 0 Å². The zero-order chi connectivity index (χ0) is 11.3. The van der Waals surface area contributed by atoms with E-state index in [2.05, 4.69) is 16.2 Å². The van der Waals surface area contributed by atoms with E-state index in [1.54, 1.807) is 0 Å². The molecule has 4 nitrogen and oxygen atoms in total. The molecule has 3 heterocycles. The Morgan fingerprint density at radius 1 is 1.31 bits per heavy atom. The van der Waals surface area contributed by atoms with Crippen LogP contribution in [0.5, 0.6) is 0 Å². The molecule has 1 aromatic heterocycles. The van der Waals surface area contributed by atoms with Crippen LogP contribution in [0.4, 0.5) is 5.69 Å². The van der Waals surface area contributed by atoms with Crippen LogP contribution < -0.4 is 4.90 Å². The standard InChI is InChI=1S/C12H17N3O/c1-8-12(7-14(2)13-8)15-9-3-4-10(15)6-11(16)5-9/h7,9-10H,3-6H2,1-2H3. The Morgan fingerprint density at radius 3 is 2.44 bits per heavy atom. The van der Waals surface area contributed by atoms with E-state index in [0.29, 0.717) is 17.9 Å². The van der Waals surface area contributed by atoms with Gasteiger partial charge in [-0.2, -0.15) is 5.10 Å². The normalized spacial score (nSPS) is 28.9. The lowest BCUT2D eigenvalue weighted by atomic mass is 10.0. The second-order valence-electron chi connectivity index (χ2n) is 5.01. The molecular formula is C12H17N3O. The number of hydrogen-bond acceptors (Lipinski definition) is 3. The summed E-state index contributed by atoms with van der Waals surface area (Å²) in [5, 5.41) is 4.39. The first-order valence-corrected chi connectivity index (χ1v) is 5.95. The molecule has 2 saturated heterocycles. The summed E-state index contributed by atoms with van der Waals surface area (Å²) in [5.74, 6) is 0.435. The molecule has 2 fully saturated rings. The zero-order valence-electron chi connectivity index (χ0n) is 9.81. The summed E-state index contributed by atoms with van der Waals surface area (Å²) < 4.78 is 1.86. The maximum absolute atomic E-state index is 11.5. The van der Waals surface area contributed by atoms with E-state index in [9.17, 15) is 4.79 Å². The number of ketones is 1. The van der Waals surface area contributed by atoms with Gasteiger partial charge in [-0.3, -0.25) is 9.48 Å². The van der Waals surface area contributed by atoms with Crippen LogP contribution in [0.3, 0.4) is 0 Å². The lowest BCUT2D eigenvalue weighted by Gasteiger charge is -2.35. The van der Waals surface area contributed by atoms with Crippen LogP contribution in [-0.4, -0.2) is 27.6 Å². The summed E-state index contributed by atoms with van der Waals surface area (Å²) in [6.45, 7) is 2.05. The molecule has 0 saturated carbocycles. The van der Waals surface area contributed by atoms with Gasteiger partial charge in [-0.25, -0.2) is 0 Å². The Balaban J connectivity index is 1.96. The minimum absolute atomic E-state index is 0.425. The summed E-state index contributed by atoms with van der Waals surface area (Å²) in [5.41, 5.74) is 2.30. The second kappa shape index (κ2) is 3.34. The second-order valence-corrected chi connectivity index (χ2v) is 5.01. The molecule has 0 radical (unpaired) electrons. The van der Waals surface area contributed by atoms with Crippen LogP contribution in [0.1, 0.15) is 31.4 Å². The van der Waals surface area contributed by atoms with Gasteiger partial charge in [-0.15, -0.1) is 0 Å². The number of fused-ring (bicyclic) bond motifs is 2. The van der Waals surface area contributed by atoms with Crippen molar-refractivity contribution in [1.82, 2.24) is 9.78 Å². The molecule has 0 aliphatic carbocycles. The van der Waals surface area contributed by atoms with E-state index in [0.717, 1.165) is 31.4 Å². The first-order valence-electron chi connectivity index (χ1n) is 5.95. The van der Waals surface area contributed by atoms with Crippen molar-refractivity contribution in [3.05, 3.63) is 11.9 Å². The number of anilines is 1. The van der Waals surface area contributed by atoms with E-state index >= 15 is 0 Å². The number of rotatable bonds is 1. The van der Waals surface area contributed by atoms with Gasteiger partial charge in [0.15, 0.2) is 0 Å². The third-order valence-electron chi connectivity index (χ3n) is 3.81. The average Bonchev–Trinajstić information content (AvgIpc) is 2.65. The maximum Gasteiger partial charge on any atom is 0.137 e. The number of hydrogen-bond donors (Lipinski definition) is 0. The Hall–Kier alpha value is -1.32. The van der Waals surface area contributed by atoms with Crippen LogP contribution in [0.15, 0.2) is 6.20 Å². The maximum atomic E-state index is 11.5. The zero-order valence-corrected chi connectivity index (χ0v) is 9.81. The third-order valence-corrected chi connectivity index (χ3v) is 3.81. The molecule has 86 valence electrons. The topological polar surface area (TPSA) is 38.1 Å². The lowest BCUT2D eigenvalue weighted by Crippen LogP contribution is -2.43. The molecule has 2 unspecified atom stereocenters. The number of aryl methyl sites for hydroxylation is 2. The summed E-state index contributed by atoms with van der Waals surface area (Å²) in [4.78, 5) is 14.0. The molecule has 2 atom stereocenters. The van der Waals surface area contributed by atoms with Crippen LogP contribution in [-0.2, 0) is 11.8 Å². The Bertz CT molecular complexity index is 421. The van der Waals surface area contributed by atoms with Crippen molar-refractivity contribution >= 4 is 11.5 Å². The molecule has 2 aliphatic heterocycles. The summed E-state index contributed by atoms with van der Waals surface area (Å²) >= 11 is 0.